The monoisotopic (exact) mass is 314 g/mol. The highest BCUT2D eigenvalue weighted by atomic mass is 32.2. The maximum absolute atomic E-state index is 12.0. The highest BCUT2D eigenvalue weighted by Crippen LogP contribution is 2.26. The topological polar surface area (TPSA) is 127 Å². The van der Waals surface area contributed by atoms with Crippen molar-refractivity contribution in [2.24, 2.45) is 5.84 Å². The van der Waals surface area contributed by atoms with Crippen LogP contribution in [0.3, 0.4) is 0 Å². The van der Waals surface area contributed by atoms with Crippen LogP contribution < -0.4 is 16.0 Å². The molecule has 0 radical (unpaired) electrons. The van der Waals surface area contributed by atoms with E-state index in [9.17, 15) is 31.7 Å². The largest absolute Gasteiger partial charge is 0.402 e. The number of nitrogen functional groups attached to an aromatic ring is 1. The predicted octanol–water partition coefficient (Wildman–Crippen LogP) is 0.721. The SMILES string of the molecule is NNc1ccc(S(=O)(=O)NCC(F)(F)F)cc1[N+](=O)[O-]. The van der Waals surface area contributed by atoms with Gasteiger partial charge < -0.3 is 5.43 Å². The molecule has 8 nitrogen and oxygen atoms in total. The van der Waals surface area contributed by atoms with E-state index >= 15 is 0 Å². The fraction of sp³-hybridized carbons (Fsp3) is 0.250. The number of hydrogen-bond donors (Lipinski definition) is 3. The summed E-state index contributed by atoms with van der Waals surface area (Å²) in [6.45, 7) is -1.78. The molecule has 12 heteroatoms. The van der Waals surface area contributed by atoms with E-state index in [1.165, 1.54) is 4.72 Å². The number of anilines is 1. The van der Waals surface area contributed by atoms with E-state index < -0.39 is 38.3 Å². The molecule has 0 saturated heterocycles. The van der Waals surface area contributed by atoms with E-state index in [0.717, 1.165) is 12.1 Å². The number of nitrogens with zero attached hydrogens (tertiary/aromatic N) is 1. The van der Waals surface area contributed by atoms with Gasteiger partial charge in [0.05, 0.1) is 9.82 Å². The summed E-state index contributed by atoms with van der Waals surface area (Å²) in [5.74, 6) is 5.00. The number of hydrogen-bond acceptors (Lipinski definition) is 6. The van der Waals surface area contributed by atoms with Crippen molar-refractivity contribution in [3.8, 4) is 0 Å². The van der Waals surface area contributed by atoms with Crippen LogP contribution in [0.2, 0.25) is 0 Å². The molecule has 0 atom stereocenters. The Balaban J connectivity index is 3.13. The molecule has 0 amide bonds. The van der Waals surface area contributed by atoms with Gasteiger partial charge in [-0.15, -0.1) is 0 Å². The highest BCUT2D eigenvalue weighted by molar-refractivity contribution is 7.89. The zero-order valence-electron chi connectivity index (χ0n) is 9.64. The maximum Gasteiger partial charge on any atom is 0.402 e. The Hall–Kier alpha value is -1.92. The van der Waals surface area contributed by atoms with Crippen molar-refractivity contribution in [3.63, 3.8) is 0 Å². The number of alkyl halides is 3. The number of halogens is 3. The first-order chi connectivity index (χ1) is 9.07. The molecule has 0 spiro atoms. The average molecular weight is 314 g/mol. The number of nitro benzene ring substituents is 1. The molecule has 0 aliphatic carbocycles. The number of benzene rings is 1. The summed E-state index contributed by atoms with van der Waals surface area (Å²) in [7, 11) is -4.52. The van der Waals surface area contributed by atoms with Crippen LogP contribution in [0.15, 0.2) is 23.1 Å². The molecule has 0 aromatic heterocycles. The smallest absolute Gasteiger partial charge is 0.318 e. The maximum atomic E-state index is 12.0. The second-order valence-corrected chi connectivity index (χ2v) is 5.29. The molecule has 1 rings (SSSR count). The standard InChI is InChI=1S/C8H9F3N4O4S/c9-8(10,11)4-13-20(18,19)5-1-2-6(14-12)7(3-5)15(16)17/h1-3,13-14H,4,12H2. The van der Waals surface area contributed by atoms with Gasteiger partial charge in [0.25, 0.3) is 5.69 Å². The molecule has 0 aliphatic heterocycles. The summed E-state index contributed by atoms with van der Waals surface area (Å²) < 4.78 is 60.3. The van der Waals surface area contributed by atoms with Crippen LogP contribution in [-0.2, 0) is 10.0 Å². The number of hydrazine groups is 1. The number of sulfonamides is 1. The highest BCUT2D eigenvalue weighted by Gasteiger charge is 2.30. The van der Waals surface area contributed by atoms with E-state index in [1.54, 1.807) is 0 Å². The van der Waals surface area contributed by atoms with Gasteiger partial charge in [-0.2, -0.15) is 13.2 Å². The minimum Gasteiger partial charge on any atom is -0.318 e. The van der Waals surface area contributed by atoms with Gasteiger partial charge >= 0.3 is 6.18 Å². The summed E-state index contributed by atoms with van der Waals surface area (Å²) in [6.07, 6.45) is -4.74. The van der Waals surface area contributed by atoms with Gasteiger partial charge in [0, 0.05) is 6.07 Å². The van der Waals surface area contributed by atoms with Crippen molar-refractivity contribution in [2.45, 2.75) is 11.1 Å². The number of nitrogens with one attached hydrogen (secondary N) is 2. The minimum absolute atomic E-state index is 0.176. The lowest BCUT2D eigenvalue weighted by atomic mass is 10.3. The molecule has 0 aliphatic rings. The molecule has 0 heterocycles. The van der Waals surface area contributed by atoms with Crippen molar-refractivity contribution in [1.29, 1.82) is 0 Å². The van der Waals surface area contributed by atoms with Crippen molar-refractivity contribution in [3.05, 3.63) is 28.3 Å². The average Bonchev–Trinajstić information content (AvgIpc) is 2.35. The summed E-state index contributed by atoms with van der Waals surface area (Å²) in [5.41, 5.74) is 1.12. The zero-order valence-corrected chi connectivity index (χ0v) is 10.5. The number of nitrogens with two attached hydrogens (primary N) is 1. The molecule has 1 aromatic rings. The van der Waals surface area contributed by atoms with E-state index in [2.05, 4.69) is 0 Å². The Bertz CT molecular complexity index is 617. The molecule has 0 fully saturated rings. The lowest BCUT2D eigenvalue weighted by molar-refractivity contribution is -0.384. The molecule has 1 aromatic carbocycles. The Labute approximate surface area is 110 Å². The predicted molar refractivity (Wildman–Crippen MR) is 62.1 cm³/mol. The Morgan fingerprint density at radius 2 is 1.95 bits per heavy atom. The van der Waals surface area contributed by atoms with Crippen LogP contribution >= 0.6 is 0 Å². The summed E-state index contributed by atoms with van der Waals surface area (Å²) >= 11 is 0. The van der Waals surface area contributed by atoms with Crippen LogP contribution in [0, 0.1) is 10.1 Å². The second-order valence-electron chi connectivity index (χ2n) is 3.52. The van der Waals surface area contributed by atoms with Crippen LogP contribution in [0.1, 0.15) is 0 Å². The molecule has 4 N–H and O–H groups in total. The molecule has 0 saturated carbocycles. The molecular weight excluding hydrogens is 305 g/mol. The number of rotatable bonds is 5. The fourth-order valence-corrected chi connectivity index (χ4v) is 2.25. The van der Waals surface area contributed by atoms with Gasteiger partial charge in [-0.05, 0) is 12.1 Å². The van der Waals surface area contributed by atoms with E-state index in [-0.39, 0.29) is 5.69 Å². The van der Waals surface area contributed by atoms with Crippen LogP contribution in [-0.4, -0.2) is 26.1 Å². The Morgan fingerprint density at radius 1 is 1.35 bits per heavy atom. The Kier molecular flexibility index (Phi) is 4.52. The quantitative estimate of drug-likeness (QED) is 0.417. The first kappa shape index (κ1) is 16.1. The van der Waals surface area contributed by atoms with Crippen LogP contribution in [0.25, 0.3) is 0 Å². The van der Waals surface area contributed by atoms with Crippen molar-refractivity contribution >= 4 is 21.4 Å². The number of nitro groups is 1. The summed E-state index contributed by atoms with van der Waals surface area (Å²) in [5, 5.41) is 10.7. The first-order valence-corrected chi connectivity index (χ1v) is 6.36. The van der Waals surface area contributed by atoms with Gasteiger partial charge in [0.2, 0.25) is 10.0 Å². The molecule has 112 valence electrons. The van der Waals surface area contributed by atoms with Gasteiger partial charge in [-0.1, -0.05) is 0 Å². The van der Waals surface area contributed by atoms with E-state index in [1.807, 2.05) is 5.43 Å². The molecule has 0 bridgehead atoms. The first-order valence-electron chi connectivity index (χ1n) is 4.88. The van der Waals surface area contributed by atoms with E-state index in [0.29, 0.717) is 6.07 Å². The summed E-state index contributed by atoms with van der Waals surface area (Å²) in [4.78, 5) is 9.10. The van der Waals surface area contributed by atoms with Crippen LogP contribution in [0.5, 0.6) is 0 Å². The van der Waals surface area contributed by atoms with E-state index in [4.69, 9.17) is 5.84 Å². The van der Waals surface area contributed by atoms with Crippen molar-refractivity contribution in [2.75, 3.05) is 12.0 Å². The molecule has 20 heavy (non-hydrogen) atoms. The van der Waals surface area contributed by atoms with Gasteiger partial charge in [-0.25, -0.2) is 13.1 Å². The Morgan fingerprint density at radius 3 is 2.40 bits per heavy atom. The van der Waals surface area contributed by atoms with Crippen molar-refractivity contribution in [1.82, 2.24) is 4.72 Å². The minimum atomic E-state index is -4.74. The normalized spacial score (nSPS) is 12.2. The lowest BCUT2D eigenvalue weighted by Crippen LogP contribution is -2.33. The van der Waals surface area contributed by atoms with Crippen LogP contribution in [0.4, 0.5) is 24.5 Å². The third kappa shape index (κ3) is 4.04. The molecule has 0 unspecified atom stereocenters. The second kappa shape index (κ2) is 5.60. The van der Waals surface area contributed by atoms with Gasteiger partial charge in [0.1, 0.15) is 12.2 Å². The summed E-state index contributed by atoms with van der Waals surface area (Å²) in [6, 6.07) is 2.47. The van der Waals surface area contributed by atoms with Crippen molar-refractivity contribution < 1.29 is 26.5 Å². The molecular formula is C8H9F3N4O4S. The van der Waals surface area contributed by atoms with Gasteiger partial charge in [-0.3, -0.25) is 16.0 Å². The van der Waals surface area contributed by atoms with Gasteiger partial charge in [0.15, 0.2) is 0 Å². The lowest BCUT2D eigenvalue weighted by Gasteiger charge is -2.10. The zero-order chi connectivity index (χ0) is 15.6. The third-order valence-electron chi connectivity index (χ3n) is 2.09. The fourth-order valence-electron chi connectivity index (χ4n) is 1.21. The third-order valence-corrected chi connectivity index (χ3v) is 3.49.